The quantitative estimate of drug-likeness (QED) is 0.760. The number of aromatic nitrogens is 1. The van der Waals surface area contributed by atoms with Gasteiger partial charge < -0.3 is 9.78 Å². The largest absolute Gasteiger partial charge is 0.361 e. The highest BCUT2D eigenvalue weighted by molar-refractivity contribution is 5.86. The predicted molar refractivity (Wildman–Crippen MR) is 61.9 cm³/mol. The van der Waals surface area contributed by atoms with E-state index < -0.39 is 0 Å². The number of hydrogen-bond acceptors (Lipinski definition) is 1. The molecule has 0 aliphatic heterocycles. The monoisotopic (exact) mass is 201 g/mol. The molecule has 0 saturated carbocycles. The first-order chi connectivity index (χ1) is 7.24. The van der Waals surface area contributed by atoms with Crippen LogP contribution < -0.4 is 0 Å². The van der Waals surface area contributed by atoms with Crippen LogP contribution in [0, 0.1) is 5.92 Å². The number of nitrogens with one attached hydrogen (secondary N) is 1. The summed E-state index contributed by atoms with van der Waals surface area (Å²) in [5.74, 6) is 0.322. The zero-order valence-electron chi connectivity index (χ0n) is 9.03. The second-order valence-corrected chi connectivity index (χ2v) is 4.20. The van der Waals surface area contributed by atoms with Gasteiger partial charge in [-0.1, -0.05) is 32.0 Å². The van der Waals surface area contributed by atoms with E-state index in [1.807, 2.05) is 24.4 Å². The van der Waals surface area contributed by atoms with E-state index in [-0.39, 0.29) is 5.92 Å². The van der Waals surface area contributed by atoms with Crippen molar-refractivity contribution in [3.8, 4) is 0 Å². The van der Waals surface area contributed by atoms with Crippen LogP contribution in [-0.2, 0) is 4.79 Å². The van der Waals surface area contributed by atoms with Crippen molar-refractivity contribution >= 4 is 17.2 Å². The predicted octanol–water partition coefficient (Wildman–Crippen LogP) is 3.11. The van der Waals surface area contributed by atoms with Gasteiger partial charge in [0.15, 0.2) is 0 Å². The second kappa shape index (κ2) is 3.89. The van der Waals surface area contributed by atoms with Crippen LogP contribution >= 0.6 is 0 Å². The summed E-state index contributed by atoms with van der Waals surface area (Å²) in [6, 6.07) is 8.08. The van der Waals surface area contributed by atoms with Crippen LogP contribution in [0.4, 0.5) is 0 Å². The molecule has 2 heteroatoms. The van der Waals surface area contributed by atoms with E-state index in [4.69, 9.17) is 0 Å². The van der Waals surface area contributed by atoms with Crippen molar-refractivity contribution in [1.29, 1.82) is 0 Å². The van der Waals surface area contributed by atoms with Gasteiger partial charge in [-0.3, -0.25) is 0 Å². The van der Waals surface area contributed by atoms with E-state index in [2.05, 4.69) is 24.9 Å². The Morgan fingerprint density at radius 1 is 1.27 bits per heavy atom. The van der Waals surface area contributed by atoms with Crippen molar-refractivity contribution in [1.82, 2.24) is 4.98 Å². The third-order valence-corrected chi connectivity index (χ3v) is 2.85. The van der Waals surface area contributed by atoms with Crippen LogP contribution in [0.3, 0.4) is 0 Å². The molecule has 0 aliphatic carbocycles. The summed E-state index contributed by atoms with van der Waals surface area (Å²) >= 11 is 0. The number of hydrogen-bond donors (Lipinski definition) is 1. The topological polar surface area (TPSA) is 32.9 Å². The Bertz CT molecular complexity index is 470. The molecule has 2 rings (SSSR count). The molecule has 1 heterocycles. The average Bonchev–Trinajstić information content (AvgIpc) is 2.63. The molecule has 1 unspecified atom stereocenters. The molecule has 0 bridgehead atoms. The minimum absolute atomic E-state index is 0.0128. The van der Waals surface area contributed by atoms with Crippen LogP contribution in [0.5, 0.6) is 0 Å². The first-order valence-corrected chi connectivity index (χ1v) is 5.25. The molecule has 78 valence electrons. The smallest absolute Gasteiger partial charge is 0.127 e. The van der Waals surface area contributed by atoms with Gasteiger partial charge in [0.2, 0.25) is 0 Å². The van der Waals surface area contributed by atoms with Gasteiger partial charge in [-0.2, -0.15) is 0 Å². The highest BCUT2D eigenvalue weighted by atomic mass is 16.1. The highest BCUT2D eigenvalue weighted by Crippen LogP contribution is 2.28. The van der Waals surface area contributed by atoms with Crippen molar-refractivity contribution < 1.29 is 4.79 Å². The second-order valence-electron chi connectivity index (χ2n) is 4.20. The van der Waals surface area contributed by atoms with Gasteiger partial charge in [-0.25, -0.2) is 0 Å². The Labute approximate surface area is 89.3 Å². The van der Waals surface area contributed by atoms with Gasteiger partial charge in [-0.05, 0) is 17.5 Å². The van der Waals surface area contributed by atoms with Gasteiger partial charge in [0.25, 0.3) is 0 Å². The molecular weight excluding hydrogens is 186 g/mol. The van der Waals surface area contributed by atoms with E-state index in [9.17, 15) is 4.79 Å². The van der Waals surface area contributed by atoms with Crippen molar-refractivity contribution in [2.45, 2.75) is 19.8 Å². The van der Waals surface area contributed by atoms with Crippen LogP contribution in [-0.4, -0.2) is 11.3 Å². The van der Waals surface area contributed by atoms with E-state index >= 15 is 0 Å². The van der Waals surface area contributed by atoms with Crippen molar-refractivity contribution in [3.63, 3.8) is 0 Å². The summed E-state index contributed by atoms with van der Waals surface area (Å²) in [7, 11) is 0. The third-order valence-electron chi connectivity index (χ3n) is 2.85. The minimum atomic E-state index is -0.0128. The molecule has 0 amide bonds. The lowest BCUT2D eigenvalue weighted by molar-refractivity contribution is -0.109. The fourth-order valence-electron chi connectivity index (χ4n) is 1.96. The van der Waals surface area contributed by atoms with E-state index in [1.165, 1.54) is 0 Å². The van der Waals surface area contributed by atoms with Crippen LogP contribution in [0.2, 0.25) is 0 Å². The minimum Gasteiger partial charge on any atom is -0.361 e. The maximum atomic E-state index is 11.1. The summed E-state index contributed by atoms with van der Waals surface area (Å²) in [5.41, 5.74) is 2.20. The van der Waals surface area contributed by atoms with Gasteiger partial charge in [0.1, 0.15) is 6.29 Å². The number of carbonyl (C=O) groups is 1. The Kier molecular flexibility index (Phi) is 2.58. The van der Waals surface area contributed by atoms with Crippen LogP contribution in [0.15, 0.2) is 30.5 Å². The molecule has 1 N–H and O–H groups in total. The molecule has 0 fully saturated rings. The molecule has 1 aromatic carbocycles. The van der Waals surface area contributed by atoms with Gasteiger partial charge in [-0.15, -0.1) is 0 Å². The molecule has 15 heavy (non-hydrogen) atoms. The van der Waals surface area contributed by atoms with E-state index in [0.717, 1.165) is 22.8 Å². The molecule has 2 nitrogen and oxygen atoms in total. The van der Waals surface area contributed by atoms with Gasteiger partial charge >= 0.3 is 0 Å². The number of aldehydes is 1. The van der Waals surface area contributed by atoms with Crippen molar-refractivity contribution in [2.75, 3.05) is 0 Å². The first-order valence-electron chi connectivity index (χ1n) is 5.25. The zero-order valence-corrected chi connectivity index (χ0v) is 9.03. The lowest BCUT2D eigenvalue weighted by Crippen LogP contribution is -2.07. The number of para-hydroxylation sites is 1. The Hall–Kier alpha value is -1.57. The normalized spacial score (nSPS) is 13.3. The summed E-state index contributed by atoms with van der Waals surface area (Å²) in [6.45, 7) is 4.14. The lowest BCUT2D eigenvalue weighted by atomic mass is 9.90. The summed E-state index contributed by atoms with van der Waals surface area (Å²) < 4.78 is 0. The van der Waals surface area contributed by atoms with Crippen molar-refractivity contribution in [3.05, 3.63) is 36.0 Å². The van der Waals surface area contributed by atoms with Crippen molar-refractivity contribution in [2.24, 2.45) is 5.92 Å². The summed E-state index contributed by atoms with van der Waals surface area (Å²) in [4.78, 5) is 14.3. The zero-order chi connectivity index (χ0) is 10.8. The first kappa shape index (κ1) is 9.97. The third kappa shape index (κ3) is 1.67. The molecule has 0 saturated heterocycles. The Morgan fingerprint density at radius 3 is 2.67 bits per heavy atom. The van der Waals surface area contributed by atoms with Gasteiger partial charge in [0, 0.05) is 23.0 Å². The molecule has 1 atom stereocenters. The fourth-order valence-corrected chi connectivity index (χ4v) is 1.96. The average molecular weight is 201 g/mol. The summed E-state index contributed by atoms with van der Waals surface area (Å²) in [6.07, 6.45) is 2.99. The number of rotatable bonds is 3. The van der Waals surface area contributed by atoms with Gasteiger partial charge in [0.05, 0.1) is 0 Å². The van der Waals surface area contributed by atoms with Crippen LogP contribution in [0.25, 0.3) is 10.9 Å². The molecule has 0 radical (unpaired) electrons. The van der Waals surface area contributed by atoms with E-state index in [1.54, 1.807) is 0 Å². The molecule has 1 aromatic heterocycles. The number of benzene rings is 1. The number of aromatic amines is 1. The Morgan fingerprint density at radius 2 is 2.00 bits per heavy atom. The maximum absolute atomic E-state index is 11.1. The number of carbonyl (C=O) groups excluding carboxylic acids is 1. The maximum Gasteiger partial charge on any atom is 0.127 e. The Balaban J connectivity index is 2.55. The number of fused-ring (bicyclic) bond motifs is 1. The fraction of sp³-hybridized carbons (Fsp3) is 0.308. The lowest BCUT2D eigenvalue weighted by Gasteiger charge is -2.12. The molecule has 2 aromatic rings. The number of H-pyrrole nitrogens is 1. The van der Waals surface area contributed by atoms with Crippen LogP contribution in [0.1, 0.15) is 25.3 Å². The standard InChI is InChI=1S/C13H15NO/c1-9(2)12(8-15)11-7-14-13-6-4-3-5-10(11)13/h3-9,12,14H,1-2H3. The SMILES string of the molecule is CC(C)C(C=O)c1c[nH]c2ccccc12. The molecular formula is C13H15NO. The molecule has 0 aliphatic rings. The highest BCUT2D eigenvalue weighted by Gasteiger charge is 2.17. The van der Waals surface area contributed by atoms with E-state index in [0.29, 0.717) is 5.92 Å². The molecule has 0 spiro atoms. The summed E-state index contributed by atoms with van der Waals surface area (Å²) in [5, 5.41) is 1.16.